The van der Waals surface area contributed by atoms with Crippen molar-refractivity contribution < 1.29 is 14.6 Å². The van der Waals surface area contributed by atoms with Gasteiger partial charge in [-0.1, -0.05) is 11.6 Å². The second kappa shape index (κ2) is 7.67. The van der Waals surface area contributed by atoms with Gasteiger partial charge in [-0.3, -0.25) is 4.90 Å². The molecule has 2 rings (SSSR count). The average molecular weight is 328 g/mol. The summed E-state index contributed by atoms with van der Waals surface area (Å²) in [5.41, 5.74) is 6.18. The van der Waals surface area contributed by atoms with Crippen LogP contribution >= 0.6 is 11.6 Å². The van der Waals surface area contributed by atoms with Gasteiger partial charge in [0.25, 0.3) is 0 Å². The van der Waals surface area contributed by atoms with Crippen LogP contribution in [-0.4, -0.2) is 66.4 Å². The van der Waals surface area contributed by atoms with Crippen molar-refractivity contribution in [2.45, 2.75) is 13.0 Å². The SMILES string of the molecule is Cc1cc(OCC(O)CN2CCN(C(N)=O)CC2)ccc1Cl. The van der Waals surface area contributed by atoms with E-state index in [1.807, 2.05) is 13.0 Å². The molecule has 1 aliphatic rings. The lowest BCUT2D eigenvalue weighted by molar-refractivity contribution is 0.0522. The zero-order valence-electron chi connectivity index (χ0n) is 12.7. The first-order chi connectivity index (χ1) is 10.5. The number of primary amides is 1. The first-order valence-corrected chi connectivity index (χ1v) is 7.67. The summed E-state index contributed by atoms with van der Waals surface area (Å²) in [5.74, 6) is 0.694. The van der Waals surface area contributed by atoms with Crippen LogP contribution in [-0.2, 0) is 0 Å². The third-order valence-electron chi connectivity index (χ3n) is 3.72. The molecule has 0 radical (unpaired) electrons. The molecule has 1 saturated heterocycles. The van der Waals surface area contributed by atoms with Crippen molar-refractivity contribution in [2.24, 2.45) is 5.73 Å². The van der Waals surface area contributed by atoms with E-state index in [4.69, 9.17) is 22.1 Å². The lowest BCUT2D eigenvalue weighted by atomic mass is 10.2. The van der Waals surface area contributed by atoms with Gasteiger partial charge in [-0.2, -0.15) is 0 Å². The normalized spacial score (nSPS) is 17.3. The van der Waals surface area contributed by atoms with Crippen LogP contribution in [0.15, 0.2) is 18.2 Å². The highest BCUT2D eigenvalue weighted by atomic mass is 35.5. The van der Waals surface area contributed by atoms with Crippen molar-refractivity contribution in [2.75, 3.05) is 39.3 Å². The summed E-state index contributed by atoms with van der Waals surface area (Å²) in [7, 11) is 0. The molecule has 0 aliphatic carbocycles. The Hall–Kier alpha value is -1.50. The van der Waals surface area contributed by atoms with E-state index in [0.717, 1.165) is 5.56 Å². The number of ether oxygens (including phenoxy) is 1. The molecule has 7 heteroatoms. The predicted molar refractivity (Wildman–Crippen MR) is 85.3 cm³/mol. The summed E-state index contributed by atoms with van der Waals surface area (Å²) in [6.45, 7) is 5.25. The fourth-order valence-electron chi connectivity index (χ4n) is 2.40. The van der Waals surface area contributed by atoms with E-state index in [0.29, 0.717) is 43.5 Å². The van der Waals surface area contributed by atoms with E-state index in [2.05, 4.69) is 4.90 Å². The number of amides is 2. The van der Waals surface area contributed by atoms with Crippen molar-refractivity contribution in [3.63, 3.8) is 0 Å². The molecule has 122 valence electrons. The van der Waals surface area contributed by atoms with Gasteiger partial charge in [-0.25, -0.2) is 4.79 Å². The monoisotopic (exact) mass is 327 g/mol. The summed E-state index contributed by atoms with van der Waals surface area (Å²) >= 11 is 5.96. The maximum Gasteiger partial charge on any atom is 0.314 e. The fourth-order valence-corrected chi connectivity index (χ4v) is 2.52. The van der Waals surface area contributed by atoms with E-state index in [9.17, 15) is 9.90 Å². The van der Waals surface area contributed by atoms with E-state index < -0.39 is 6.10 Å². The number of aryl methyl sites for hydroxylation is 1. The van der Waals surface area contributed by atoms with Gasteiger partial charge in [0.2, 0.25) is 0 Å². The Labute approximate surface area is 135 Å². The minimum absolute atomic E-state index is 0.219. The number of nitrogens with zero attached hydrogens (tertiary/aromatic N) is 2. The van der Waals surface area contributed by atoms with E-state index in [1.54, 1.807) is 17.0 Å². The summed E-state index contributed by atoms with van der Waals surface area (Å²) in [5, 5.41) is 10.8. The number of halogens is 1. The third kappa shape index (κ3) is 4.76. The van der Waals surface area contributed by atoms with Crippen molar-refractivity contribution in [1.29, 1.82) is 0 Å². The van der Waals surface area contributed by atoms with Gasteiger partial charge < -0.3 is 20.5 Å². The van der Waals surface area contributed by atoms with Gasteiger partial charge in [0, 0.05) is 37.7 Å². The Kier molecular flexibility index (Phi) is 5.88. The molecule has 22 heavy (non-hydrogen) atoms. The van der Waals surface area contributed by atoms with Gasteiger partial charge >= 0.3 is 6.03 Å². The van der Waals surface area contributed by atoms with Crippen molar-refractivity contribution >= 4 is 17.6 Å². The summed E-state index contributed by atoms with van der Waals surface area (Å²) < 4.78 is 5.58. The molecule has 0 bridgehead atoms. The number of benzene rings is 1. The number of aliphatic hydroxyl groups excluding tert-OH is 1. The first-order valence-electron chi connectivity index (χ1n) is 7.29. The number of urea groups is 1. The zero-order valence-corrected chi connectivity index (χ0v) is 13.4. The molecular formula is C15H22ClN3O3. The molecule has 1 heterocycles. The number of carbonyl (C=O) groups excluding carboxylic acids is 1. The number of β-amino-alcohol motifs (C(OH)–C–C–N with tert-alkyl or cyclic N) is 1. The van der Waals surface area contributed by atoms with Gasteiger partial charge in [-0.15, -0.1) is 0 Å². The van der Waals surface area contributed by atoms with E-state index >= 15 is 0 Å². The minimum Gasteiger partial charge on any atom is -0.491 e. The number of hydrogen-bond donors (Lipinski definition) is 2. The molecule has 3 N–H and O–H groups in total. The van der Waals surface area contributed by atoms with Crippen LogP contribution in [0.3, 0.4) is 0 Å². The number of aliphatic hydroxyl groups is 1. The summed E-state index contributed by atoms with van der Waals surface area (Å²) in [6.07, 6.45) is -0.587. The molecule has 0 aromatic heterocycles. The molecule has 1 aliphatic heterocycles. The number of carbonyl (C=O) groups is 1. The molecule has 1 aromatic carbocycles. The van der Waals surface area contributed by atoms with Gasteiger partial charge in [0.05, 0.1) is 0 Å². The van der Waals surface area contributed by atoms with E-state index in [1.165, 1.54) is 0 Å². The van der Waals surface area contributed by atoms with Crippen LogP contribution in [0.1, 0.15) is 5.56 Å². The molecule has 0 saturated carbocycles. The second-order valence-electron chi connectivity index (χ2n) is 5.50. The summed E-state index contributed by atoms with van der Waals surface area (Å²) in [4.78, 5) is 14.7. The van der Waals surface area contributed by atoms with Gasteiger partial charge in [-0.05, 0) is 30.7 Å². The van der Waals surface area contributed by atoms with Crippen molar-refractivity contribution in [1.82, 2.24) is 9.80 Å². The number of hydrogen-bond acceptors (Lipinski definition) is 4. The first kappa shape index (κ1) is 16.9. The zero-order chi connectivity index (χ0) is 16.1. The fraction of sp³-hybridized carbons (Fsp3) is 0.533. The Morgan fingerprint density at radius 1 is 1.41 bits per heavy atom. The van der Waals surface area contributed by atoms with Crippen molar-refractivity contribution in [3.8, 4) is 5.75 Å². The Balaban J connectivity index is 1.73. The molecular weight excluding hydrogens is 306 g/mol. The highest BCUT2D eigenvalue weighted by Gasteiger charge is 2.21. The molecule has 2 amide bonds. The van der Waals surface area contributed by atoms with Gasteiger partial charge in [0.1, 0.15) is 18.5 Å². The highest BCUT2D eigenvalue weighted by molar-refractivity contribution is 6.31. The third-order valence-corrected chi connectivity index (χ3v) is 4.15. The largest absolute Gasteiger partial charge is 0.491 e. The van der Waals surface area contributed by atoms with Crippen LogP contribution in [0.5, 0.6) is 5.75 Å². The maximum absolute atomic E-state index is 11.0. The van der Waals surface area contributed by atoms with Crippen LogP contribution in [0, 0.1) is 6.92 Å². The number of piperazine rings is 1. The minimum atomic E-state index is -0.587. The van der Waals surface area contributed by atoms with Crippen LogP contribution in [0.25, 0.3) is 0 Å². The Bertz CT molecular complexity index is 519. The quantitative estimate of drug-likeness (QED) is 0.848. The molecule has 1 unspecified atom stereocenters. The predicted octanol–water partition coefficient (Wildman–Crippen LogP) is 1.08. The average Bonchev–Trinajstić information content (AvgIpc) is 2.49. The topological polar surface area (TPSA) is 79.0 Å². The number of nitrogens with two attached hydrogens (primary N) is 1. The second-order valence-corrected chi connectivity index (χ2v) is 5.91. The lowest BCUT2D eigenvalue weighted by Gasteiger charge is -2.34. The molecule has 1 atom stereocenters. The van der Waals surface area contributed by atoms with Crippen LogP contribution in [0.2, 0.25) is 5.02 Å². The van der Waals surface area contributed by atoms with Crippen LogP contribution < -0.4 is 10.5 Å². The lowest BCUT2D eigenvalue weighted by Crippen LogP contribution is -2.52. The van der Waals surface area contributed by atoms with Crippen LogP contribution in [0.4, 0.5) is 4.79 Å². The van der Waals surface area contributed by atoms with E-state index in [-0.39, 0.29) is 12.6 Å². The standard InChI is InChI=1S/C15H22ClN3O3/c1-11-8-13(2-3-14(11)16)22-10-12(20)9-18-4-6-19(7-5-18)15(17)21/h2-3,8,12,20H,4-7,9-10H2,1H3,(H2,17,21). The Morgan fingerprint density at radius 3 is 2.68 bits per heavy atom. The molecule has 6 nitrogen and oxygen atoms in total. The Morgan fingerprint density at radius 2 is 2.09 bits per heavy atom. The van der Waals surface area contributed by atoms with Crippen molar-refractivity contribution in [3.05, 3.63) is 28.8 Å². The highest BCUT2D eigenvalue weighted by Crippen LogP contribution is 2.21. The smallest absolute Gasteiger partial charge is 0.314 e. The maximum atomic E-state index is 11.0. The number of rotatable bonds is 5. The molecule has 1 fully saturated rings. The summed E-state index contributed by atoms with van der Waals surface area (Å²) in [6, 6.07) is 5.03. The molecule has 1 aromatic rings. The van der Waals surface area contributed by atoms with Gasteiger partial charge in [0.15, 0.2) is 0 Å². The molecule has 0 spiro atoms.